The van der Waals surface area contributed by atoms with Crippen molar-refractivity contribution in [2.45, 2.75) is 52.9 Å². The molecule has 10 heteroatoms. The van der Waals surface area contributed by atoms with Crippen molar-refractivity contribution in [3.63, 3.8) is 0 Å². The van der Waals surface area contributed by atoms with Gasteiger partial charge in [-0.25, -0.2) is 0 Å². The minimum atomic E-state index is -1.19. The Morgan fingerprint density at radius 2 is 1.84 bits per heavy atom. The van der Waals surface area contributed by atoms with E-state index in [1.165, 1.54) is 6.92 Å². The maximum absolute atomic E-state index is 13.8. The van der Waals surface area contributed by atoms with E-state index < -0.39 is 36.5 Å². The molecule has 0 aromatic heterocycles. The van der Waals surface area contributed by atoms with Crippen LogP contribution in [0.15, 0.2) is 42.5 Å². The highest BCUT2D eigenvalue weighted by molar-refractivity contribution is 6.30. The molecule has 0 saturated carbocycles. The van der Waals surface area contributed by atoms with E-state index in [1.807, 2.05) is 45.0 Å². The van der Waals surface area contributed by atoms with Gasteiger partial charge in [0.15, 0.2) is 0 Å². The highest BCUT2D eigenvalue weighted by atomic mass is 35.5. The summed E-state index contributed by atoms with van der Waals surface area (Å²) in [7, 11) is 0. The molecule has 0 saturated heterocycles. The topological polar surface area (TPSA) is 125 Å². The Labute approximate surface area is 221 Å². The van der Waals surface area contributed by atoms with Crippen LogP contribution in [0.5, 0.6) is 0 Å². The fraction of sp³-hybridized carbons (Fsp3) is 0.407. The van der Waals surface area contributed by atoms with Crippen LogP contribution in [0.4, 0.5) is 5.69 Å². The molecule has 9 nitrogen and oxygen atoms in total. The molecule has 2 unspecified atom stereocenters. The van der Waals surface area contributed by atoms with Crippen molar-refractivity contribution in [1.29, 1.82) is 0 Å². The first-order valence-electron chi connectivity index (χ1n) is 11.9. The van der Waals surface area contributed by atoms with E-state index in [0.717, 1.165) is 5.56 Å². The highest BCUT2D eigenvalue weighted by Crippen LogP contribution is 2.41. The fourth-order valence-corrected chi connectivity index (χ4v) is 4.29. The zero-order chi connectivity index (χ0) is 27.3. The van der Waals surface area contributed by atoms with Crippen molar-refractivity contribution >= 4 is 41.0 Å². The number of benzene rings is 2. The summed E-state index contributed by atoms with van der Waals surface area (Å²) in [4.78, 5) is 50.3. The number of nitrogens with zero attached hydrogens (tertiary/aromatic N) is 1. The molecule has 3 N–H and O–H groups in total. The van der Waals surface area contributed by atoms with Crippen molar-refractivity contribution in [3.8, 4) is 0 Å². The standard InChI is InChI=1S/C27H32ClN3O6/c1-16(32)29-13-17-6-5-7-18(10-17)25-20-11-19(28)8-9-21(20)31(15-27(2,3)4)26(36)22(37-25)12-23(33)30-14-24(34)35/h5-11,22,25H,12-15H2,1-4H3,(H,29,32)(H,30,33)(H,34,35). The second-order valence-electron chi connectivity index (χ2n) is 10.2. The van der Waals surface area contributed by atoms with E-state index >= 15 is 0 Å². The first kappa shape index (κ1) is 28.1. The maximum atomic E-state index is 13.8. The lowest BCUT2D eigenvalue weighted by Gasteiger charge is -2.31. The third-order valence-electron chi connectivity index (χ3n) is 5.64. The first-order valence-corrected chi connectivity index (χ1v) is 12.3. The SMILES string of the molecule is CC(=O)NCc1cccc(C2OC(CC(=O)NCC(=O)O)C(=O)N(CC(C)(C)C)c3ccc(Cl)cc32)c1. The summed E-state index contributed by atoms with van der Waals surface area (Å²) >= 11 is 6.38. The Bertz CT molecular complexity index is 1190. The number of aliphatic carboxylic acids is 1. The summed E-state index contributed by atoms with van der Waals surface area (Å²) in [6.45, 7) is 7.54. The Balaban J connectivity index is 2.09. The van der Waals surface area contributed by atoms with Crippen LogP contribution in [0.1, 0.15) is 56.9 Å². The normalized spacial score (nSPS) is 17.5. The molecule has 3 rings (SSSR count). The van der Waals surface area contributed by atoms with E-state index in [-0.39, 0.29) is 17.7 Å². The number of anilines is 1. The lowest BCUT2D eigenvalue weighted by molar-refractivity contribution is -0.140. The third kappa shape index (κ3) is 7.77. The van der Waals surface area contributed by atoms with Gasteiger partial charge in [0.1, 0.15) is 18.8 Å². The Kier molecular flexibility index (Phi) is 8.94. The van der Waals surface area contributed by atoms with Crippen molar-refractivity contribution in [2.75, 3.05) is 18.0 Å². The minimum Gasteiger partial charge on any atom is -0.480 e. The molecule has 3 amide bonds. The van der Waals surface area contributed by atoms with Gasteiger partial charge in [0, 0.05) is 36.3 Å². The van der Waals surface area contributed by atoms with Crippen LogP contribution in [-0.2, 0) is 30.5 Å². The van der Waals surface area contributed by atoms with Gasteiger partial charge in [-0.05, 0) is 34.7 Å². The van der Waals surface area contributed by atoms with Gasteiger partial charge in [0.2, 0.25) is 11.8 Å². The van der Waals surface area contributed by atoms with Gasteiger partial charge >= 0.3 is 5.97 Å². The number of rotatable bonds is 8. The number of amides is 3. The lowest BCUT2D eigenvalue weighted by Crippen LogP contribution is -2.45. The molecule has 1 aliphatic rings. The molecule has 1 heterocycles. The summed E-state index contributed by atoms with van der Waals surface area (Å²) in [6.07, 6.45) is -2.28. The molecule has 2 atom stereocenters. The number of fused-ring (bicyclic) bond motifs is 1. The molecular formula is C27H32ClN3O6. The summed E-state index contributed by atoms with van der Waals surface area (Å²) < 4.78 is 6.35. The number of carbonyl (C=O) groups is 4. The molecule has 0 bridgehead atoms. The molecule has 0 radical (unpaired) electrons. The second kappa shape index (κ2) is 11.7. The number of ether oxygens (including phenoxy) is 1. The number of hydrogen-bond donors (Lipinski definition) is 3. The number of halogens is 1. The quantitative estimate of drug-likeness (QED) is 0.481. The molecule has 37 heavy (non-hydrogen) atoms. The van der Waals surface area contributed by atoms with E-state index in [0.29, 0.717) is 34.9 Å². The highest BCUT2D eigenvalue weighted by Gasteiger charge is 2.39. The molecule has 1 aliphatic heterocycles. The van der Waals surface area contributed by atoms with Crippen molar-refractivity contribution < 1.29 is 29.0 Å². The number of carbonyl (C=O) groups excluding carboxylic acids is 3. The van der Waals surface area contributed by atoms with Crippen molar-refractivity contribution in [1.82, 2.24) is 10.6 Å². The summed E-state index contributed by atoms with van der Waals surface area (Å²) in [5, 5.41) is 14.4. The van der Waals surface area contributed by atoms with Gasteiger partial charge in [0.25, 0.3) is 5.91 Å². The van der Waals surface area contributed by atoms with Crippen LogP contribution in [-0.4, -0.2) is 48.0 Å². The Hall–Kier alpha value is -3.43. The van der Waals surface area contributed by atoms with E-state index in [2.05, 4.69) is 10.6 Å². The van der Waals surface area contributed by atoms with Gasteiger partial charge in [-0.2, -0.15) is 0 Å². The molecular weight excluding hydrogens is 498 g/mol. The van der Waals surface area contributed by atoms with Gasteiger partial charge in [-0.3, -0.25) is 19.2 Å². The van der Waals surface area contributed by atoms with E-state index in [1.54, 1.807) is 23.1 Å². The smallest absolute Gasteiger partial charge is 0.322 e. The predicted molar refractivity (Wildman–Crippen MR) is 139 cm³/mol. The largest absolute Gasteiger partial charge is 0.480 e. The van der Waals surface area contributed by atoms with Gasteiger partial charge in [-0.1, -0.05) is 56.6 Å². The monoisotopic (exact) mass is 529 g/mol. The van der Waals surface area contributed by atoms with Gasteiger partial charge < -0.3 is 25.4 Å². The predicted octanol–water partition coefficient (Wildman–Crippen LogP) is 3.43. The number of carboxylic acid groups (broad SMARTS) is 1. The molecule has 0 spiro atoms. The number of nitrogens with one attached hydrogen (secondary N) is 2. The first-order chi connectivity index (χ1) is 17.3. The summed E-state index contributed by atoms with van der Waals surface area (Å²) in [6, 6.07) is 12.6. The van der Waals surface area contributed by atoms with Crippen molar-refractivity contribution in [3.05, 3.63) is 64.2 Å². The average Bonchev–Trinajstić information content (AvgIpc) is 2.91. The van der Waals surface area contributed by atoms with Crippen LogP contribution in [0.3, 0.4) is 0 Å². The Morgan fingerprint density at radius 3 is 2.49 bits per heavy atom. The lowest BCUT2D eigenvalue weighted by atomic mass is 9.94. The molecule has 0 fully saturated rings. The fourth-order valence-electron chi connectivity index (χ4n) is 4.11. The Morgan fingerprint density at radius 1 is 1.11 bits per heavy atom. The van der Waals surface area contributed by atoms with Crippen LogP contribution >= 0.6 is 11.6 Å². The van der Waals surface area contributed by atoms with Crippen LogP contribution in [0, 0.1) is 5.41 Å². The van der Waals surface area contributed by atoms with Crippen LogP contribution in [0.25, 0.3) is 0 Å². The van der Waals surface area contributed by atoms with Crippen LogP contribution in [0.2, 0.25) is 5.02 Å². The average molecular weight is 530 g/mol. The number of carboxylic acids is 1. The second-order valence-corrected chi connectivity index (χ2v) is 10.7. The van der Waals surface area contributed by atoms with E-state index in [9.17, 15) is 19.2 Å². The summed E-state index contributed by atoms with van der Waals surface area (Å²) in [5.74, 6) is -2.37. The van der Waals surface area contributed by atoms with Gasteiger partial charge in [0.05, 0.1) is 6.42 Å². The van der Waals surface area contributed by atoms with Gasteiger partial charge in [-0.15, -0.1) is 0 Å². The zero-order valence-electron chi connectivity index (χ0n) is 21.3. The molecule has 0 aliphatic carbocycles. The molecule has 198 valence electrons. The maximum Gasteiger partial charge on any atom is 0.322 e. The summed E-state index contributed by atoms with van der Waals surface area (Å²) in [5.41, 5.74) is 2.55. The van der Waals surface area contributed by atoms with E-state index in [4.69, 9.17) is 21.4 Å². The molecule has 2 aromatic rings. The minimum absolute atomic E-state index is 0.163. The van der Waals surface area contributed by atoms with Crippen molar-refractivity contribution in [2.24, 2.45) is 5.41 Å². The number of hydrogen-bond acceptors (Lipinski definition) is 5. The third-order valence-corrected chi connectivity index (χ3v) is 5.88. The van der Waals surface area contributed by atoms with Crippen LogP contribution < -0.4 is 15.5 Å². The zero-order valence-corrected chi connectivity index (χ0v) is 22.1. The molecule has 2 aromatic carbocycles.